The molecule has 0 aliphatic carbocycles. The summed E-state index contributed by atoms with van der Waals surface area (Å²) >= 11 is 0. The third kappa shape index (κ3) is 4.09. The normalized spacial score (nSPS) is 11.5. The Bertz CT molecular complexity index is 656. The molecule has 0 bridgehead atoms. The van der Waals surface area contributed by atoms with E-state index in [1.165, 1.54) is 0 Å². The summed E-state index contributed by atoms with van der Waals surface area (Å²) in [5, 5.41) is 2.79. The van der Waals surface area contributed by atoms with Crippen LogP contribution in [0.2, 0.25) is 0 Å². The number of rotatable bonds is 6. The fourth-order valence-corrected chi connectivity index (χ4v) is 1.95. The van der Waals surface area contributed by atoms with Crippen LogP contribution in [-0.4, -0.2) is 17.9 Å². The fraction of sp³-hybridized carbons (Fsp3) is 0.176. The van der Waals surface area contributed by atoms with Crippen molar-refractivity contribution in [1.29, 1.82) is 0 Å². The van der Waals surface area contributed by atoms with E-state index in [9.17, 15) is 9.59 Å². The summed E-state index contributed by atoms with van der Waals surface area (Å²) in [4.78, 5) is 23.4. The van der Waals surface area contributed by atoms with Crippen molar-refractivity contribution in [2.75, 3.05) is 0 Å². The van der Waals surface area contributed by atoms with Crippen LogP contribution >= 0.6 is 0 Å². The molecule has 3 N–H and O–H groups in total. The number of benzene rings is 2. The highest BCUT2D eigenvalue weighted by Gasteiger charge is 2.17. The van der Waals surface area contributed by atoms with Gasteiger partial charge in [0, 0.05) is 6.54 Å². The smallest absolute Gasteiger partial charge is 0.261 e. The van der Waals surface area contributed by atoms with Crippen molar-refractivity contribution < 1.29 is 14.3 Å². The number of para-hydroxylation sites is 1. The molecule has 0 radical (unpaired) electrons. The van der Waals surface area contributed by atoms with Crippen molar-refractivity contribution in [3.63, 3.8) is 0 Å². The van der Waals surface area contributed by atoms with Gasteiger partial charge in [0.15, 0.2) is 6.10 Å². The minimum Gasteiger partial charge on any atom is -0.480 e. The van der Waals surface area contributed by atoms with Gasteiger partial charge in [0.1, 0.15) is 5.75 Å². The number of nitrogens with two attached hydrogens (primary N) is 1. The molecule has 0 saturated carbocycles. The number of primary amides is 1. The minimum absolute atomic E-state index is 0.255. The van der Waals surface area contributed by atoms with Crippen molar-refractivity contribution in [2.24, 2.45) is 5.73 Å². The van der Waals surface area contributed by atoms with Gasteiger partial charge in [0.25, 0.3) is 11.8 Å². The first-order valence-electron chi connectivity index (χ1n) is 6.95. The van der Waals surface area contributed by atoms with Gasteiger partial charge in [0.2, 0.25) is 0 Å². The first-order valence-corrected chi connectivity index (χ1v) is 6.95. The third-order valence-corrected chi connectivity index (χ3v) is 3.14. The summed E-state index contributed by atoms with van der Waals surface area (Å²) in [6.07, 6.45) is -0.732. The van der Waals surface area contributed by atoms with Crippen LogP contribution in [0.4, 0.5) is 0 Å². The first kappa shape index (κ1) is 15.6. The topological polar surface area (TPSA) is 81.4 Å². The molecule has 114 valence electrons. The number of ether oxygens (including phenoxy) is 1. The Hall–Kier alpha value is -2.82. The van der Waals surface area contributed by atoms with E-state index in [1.54, 1.807) is 31.2 Å². The highest BCUT2D eigenvalue weighted by atomic mass is 16.5. The molecule has 0 saturated heterocycles. The second-order valence-electron chi connectivity index (χ2n) is 4.82. The molecule has 2 amide bonds. The number of nitrogens with one attached hydrogen (secondary N) is 1. The quantitative estimate of drug-likeness (QED) is 0.854. The van der Waals surface area contributed by atoms with E-state index in [0.29, 0.717) is 12.3 Å². The molecule has 2 aromatic rings. The molecule has 0 fully saturated rings. The lowest BCUT2D eigenvalue weighted by Gasteiger charge is -2.16. The van der Waals surface area contributed by atoms with E-state index < -0.39 is 12.0 Å². The molecule has 5 nitrogen and oxygen atoms in total. The molecule has 0 aromatic heterocycles. The Labute approximate surface area is 129 Å². The molecule has 22 heavy (non-hydrogen) atoms. The summed E-state index contributed by atoms with van der Waals surface area (Å²) in [6, 6.07) is 16.2. The summed E-state index contributed by atoms with van der Waals surface area (Å²) in [7, 11) is 0. The zero-order chi connectivity index (χ0) is 15.9. The van der Waals surface area contributed by atoms with Crippen LogP contribution < -0.4 is 15.8 Å². The van der Waals surface area contributed by atoms with Crippen LogP contribution in [0.25, 0.3) is 0 Å². The predicted octanol–water partition coefficient (Wildman–Crippen LogP) is 1.87. The van der Waals surface area contributed by atoms with E-state index in [2.05, 4.69) is 5.32 Å². The van der Waals surface area contributed by atoms with Gasteiger partial charge in [0.05, 0.1) is 5.56 Å². The molecule has 0 aliphatic rings. The van der Waals surface area contributed by atoms with Gasteiger partial charge in [-0.1, -0.05) is 42.5 Å². The predicted molar refractivity (Wildman–Crippen MR) is 83.3 cm³/mol. The zero-order valence-corrected chi connectivity index (χ0v) is 12.3. The molecular weight excluding hydrogens is 280 g/mol. The fourth-order valence-electron chi connectivity index (χ4n) is 1.95. The minimum atomic E-state index is -0.732. The van der Waals surface area contributed by atoms with Crippen LogP contribution in [-0.2, 0) is 11.3 Å². The summed E-state index contributed by atoms with van der Waals surface area (Å²) < 4.78 is 5.54. The molecule has 2 aromatic carbocycles. The van der Waals surface area contributed by atoms with Crippen molar-refractivity contribution in [3.8, 4) is 5.75 Å². The lowest BCUT2D eigenvalue weighted by atomic mass is 10.2. The lowest BCUT2D eigenvalue weighted by Crippen LogP contribution is -2.36. The highest BCUT2D eigenvalue weighted by molar-refractivity contribution is 5.95. The number of hydrogen-bond donors (Lipinski definition) is 2. The van der Waals surface area contributed by atoms with Crippen LogP contribution in [0.15, 0.2) is 54.6 Å². The number of carbonyl (C=O) groups excluding carboxylic acids is 2. The Balaban J connectivity index is 1.96. The maximum Gasteiger partial charge on any atom is 0.261 e. The maximum absolute atomic E-state index is 12.0. The van der Waals surface area contributed by atoms with Gasteiger partial charge in [-0.3, -0.25) is 9.59 Å². The third-order valence-electron chi connectivity index (χ3n) is 3.14. The average molecular weight is 298 g/mol. The van der Waals surface area contributed by atoms with Crippen LogP contribution in [0.1, 0.15) is 22.8 Å². The largest absolute Gasteiger partial charge is 0.480 e. The molecule has 0 aliphatic heterocycles. The van der Waals surface area contributed by atoms with Gasteiger partial charge >= 0.3 is 0 Å². The molecule has 0 spiro atoms. The molecule has 5 heteroatoms. The number of amides is 2. The van der Waals surface area contributed by atoms with E-state index in [-0.39, 0.29) is 11.5 Å². The molecule has 2 rings (SSSR count). The van der Waals surface area contributed by atoms with E-state index in [1.807, 2.05) is 30.3 Å². The van der Waals surface area contributed by atoms with Gasteiger partial charge in [-0.2, -0.15) is 0 Å². The summed E-state index contributed by atoms with van der Waals surface area (Å²) in [5.41, 5.74) is 6.54. The second-order valence-corrected chi connectivity index (χ2v) is 4.82. The second kappa shape index (κ2) is 7.26. The molecular formula is C17H18N2O3. The number of carbonyl (C=O) groups is 2. The van der Waals surface area contributed by atoms with Crippen LogP contribution in [0.5, 0.6) is 5.75 Å². The molecule has 0 unspecified atom stereocenters. The van der Waals surface area contributed by atoms with Crippen molar-refractivity contribution in [2.45, 2.75) is 19.6 Å². The average Bonchev–Trinajstić information content (AvgIpc) is 2.53. The van der Waals surface area contributed by atoms with E-state index in [0.717, 1.165) is 5.56 Å². The lowest BCUT2D eigenvalue weighted by molar-refractivity contribution is -0.127. The van der Waals surface area contributed by atoms with Gasteiger partial charge in [-0.15, -0.1) is 0 Å². The highest BCUT2D eigenvalue weighted by Crippen LogP contribution is 2.18. The van der Waals surface area contributed by atoms with Gasteiger partial charge in [-0.05, 0) is 24.6 Å². The molecule has 1 atom stereocenters. The summed E-state index contributed by atoms with van der Waals surface area (Å²) in [6.45, 7) is 2.04. The van der Waals surface area contributed by atoms with Gasteiger partial charge < -0.3 is 15.8 Å². The SMILES string of the molecule is C[C@@H](Oc1ccccc1C(N)=O)C(=O)NCc1ccccc1. The number of hydrogen-bond acceptors (Lipinski definition) is 3. The van der Waals surface area contributed by atoms with E-state index in [4.69, 9.17) is 10.5 Å². The van der Waals surface area contributed by atoms with Crippen LogP contribution in [0, 0.1) is 0 Å². The van der Waals surface area contributed by atoms with Crippen LogP contribution in [0.3, 0.4) is 0 Å². The Morgan fingerprint density at radius 1 is 1.09 bits per heavy atom. The zero-order valence-electron chi connectivity index (χ0n) is 12.3. The Kier molecular flexibility index (Phi) is 5.14. The summed E-state index contributed by atoms with van der Waals surface area (Å²) in [5.74, 6) is -0.548. The Morgan fingerprint density at radius 3 is 2.41 bits per heavy atom. The Morgan fingerprint density at radius 2 is 1.73 bits per heavy atom. The standard InChI is InChI=1S/C17H18N2O3/c1-12(17(21)19-11-13-7-3-2-4-8-13)22-15-10-6-5-9-14(15)16(18)20/h2-10,12H,11H2,1H3,(H2,18,20)(H,19,21)/t12-/m1/s1. The first-order chi connectivity index (χ1) is 10.6. The van der Waals surface area contributed by atoms with Gasteiger partial charge in [-0.25, -0.2) is 0 Å². The van der Waals surface area contributed by atoms with E-state index >= 15 is 0 Å². The van der Waals surface area contributed by atoms with Crippen molar-refractivity contribution in [1.82, 2.24) is 5.32 Å². The maximum atomic E-state index is 12.0. The van der Waals surface area contributed by atoms with Crippen molar-refractivity contribution in [3.05, 3.63) is 65.7 Å². The van der Waals surface area contributed by atoms with Crippen molar-refractivity contribution >= 4 is 11.8 Å². The molecule has 0 heterocycles. The monoisotopic (exact) mass is 298 g/mol.